The molecular formula is C9H16B21Y-2. The first kappa shape index (κ1) is 50.4. The molecule has 0 heterocycles. The normalized spacial score (nSPS) is 14.8. The van der Waals surface area contributed by atoms with Gasteiger partial charge in [0, 0.05) is 189 Å². The minimum absolute atomic E-state index is 0. The molecule has 22 heteroatoms. The fraction of sp³-hybridized carbons (Fsp3) is 0.778. The van der Waals surface area contributed by atoms with Crippen LogP contribution in [0.4, 0.5) is 0 Å². The van der Waals surface area contributed by atoms with Gasteiger partial charge >= 0.3 is 0 Å². The largest absolute Gasteiger partial charge is 0.342 e. The van der Waals surface area contributed by atoms with Gasteiger partial charge in [-0.2, -0.15) is 11.8 Å². The van der Waals surface area contributed by atoms with Crippen LogP contribution in [0.3, 0.4) is 0 Å². The first-order chi connectivity index (χ1) is 13.4. The molecule has 1 aliphatic carbocycles. The average Bonchev–Trinajstić information content (AvgIpc) is 2.82. The summed E-state index contributed by atoms with van der Waals surface area (Å²) in [7, 11) is 67.6. The van der Waals surface area contributed by atoms with E-state index in [0.29, 0.717) is 11.8 Å². The summed E-state index contributed by atoms with van der Waals surface area (Å²) in [5.74, 6) is 1.26. The maximum absolute atomic E-state index is 4.96. The molecule has 1 fully saturated rings. The Labute approximate surface area is 245 Å². The van der Waals surface area contributed by atoms with Crippen LogP contribution in [-0.4, -0.2) is 156 Å². The van der Waals surface area contributed by atoms with Crippen molar-refractivity contribution in [3.63, 3.8) is 0 Å². The standard InChI is InChI=1S/C9H16.B6.B5.B4.B3.B2.B.Y/c1-8-6-4-3-5-7-9(8)2;1-5(2)6(3)4;1-4-5(2)3;1-4(2)3;1-3-2;1-2;;/h8-9H,1-7H2;;;;;;;/q-2;;;;;;;. The second-order valence-electron chi connectivity index (χ2n) is 5.85. The number of rotatable bonds is 2. The molecule has 1 aliphatic rings. The van der Waals surface area contributed by atoms with Crippen LogP contribution in [-0.2, 0) is 32.7 Å². The fourth-order valence-corrected chi connectivity index (χ4v) is 1.46. The van der Waals surface area contributed by atoms with Crippen molar-refractivity contribution < 1.29 is 32.7 Å². The third-order valence-corrected chi connectivity index (χ3v) is 2.98. The van der Waals surface area contributed by atoms with E-state index in [9.17, 15) is 0 Å². The Balaban J connectivity index is -0.0000000470. The molecule has 0 amide bonds. The average molecular weight is 440 g/mol. The Hall–Kier alpha value is 2.47. The molecule has 0 N–H and O–H groups in total. The summed E-state index contributed by atoms with van der Waals surface area (Å²) in [6, 6.07) is 0. The number of hydrogen-bond acceptors (Lipinski definition) is 0. The van der Waals surface area contributed by atoms with Gasteiger partial charge in [0.1, 0.15) is 0 Å². The molecule has 34 radical (unpaired) electrons. The summed E-state index contributed by atoms with van der Waals surface area (Å²) in [5, 5.41) is 0. The molecule has 0 aliphatic heterocycles. The van der Waals surface area contributed by atoms with Crippen molar-refractivity contribution in [1.29, 1.82) is 0 Å². The fourth-order valence-electron chi connectivity index (χ4n) is 1.46. The van der Waals surface area contributed by atoms with E-state index in [4.69, 9.17) is 54.2 Å². The quantitative estimate of drug-likeness (QED) is 0.229. The van der Waals surface area contributed by atoms with Crippen LogP contribution < -0.4 is 0 Å². The van der Waals surface area contributed by atoms with E-state index in [1.165, 1.54) is 39.2 Å². The van der Waals surface area contributed by atoms with Gasteiger partial charge in [0.05, 0.1) is 0 Å². The van der Waals surface area contributed by atoms with Gasteiger partial charge in [0.25, 0.3) is 0 Å². The monoisotopic (exact) mass is 444 g/mol. The summed E-state index contributed by atoms with van der Waals surface area (Å²) < 4.78 is 0. The summed E-state index contributed by atoms with van der Waals surface area (Å²) in [6.07, 6.45) is 4.44. The van der Waals surface area contributed by atoms with Gasteiger partial charge in [-0.15, -0.1) is 0 Å². The van der Waals surface area contributed by atoms with Crippen LogP contribution in [0.25, 0.3) is 0 Å². The van der Waals surface area contributed by atoms with Gasteiger partial charge in [-0.1, -0.05) is 32.1 Å². The molecule has 2 atom stereocenters. The van der Waals surface area contributed by atoms with E-state index in [-0.39, 0.29) is 41.1 Å². The molecule has 0 saturated heterocycles. The predicted octanol–water partition coefficient (Wildman–Crippen LogP) is -5.15. The second kappa shape index (κ2) is 42.6. The van der Waals surface area contributed by atoms with Crippen LogP contribution in [0.15, 0.2) is 0 Å². The van der Waals surface area contributed by atoms with Crippen molar-refractivity contribution in [3.05, 3.63) is 13.8 Å². The molecule has 1 rings (SSSR count). The SMILES string of the molecule is [B].[B]B([B])B([B])[B].[B]B([B])[B].[B][B].[B][B]B([B])[B].[B][B][B].[CH2-]C1CCCCCC1[CH2-].[Y]. The third-order valence-electron chi connectivity index (χ3n) is 2.98. The van der Waals surface area contributed by atoms with Gasteiger partial charge in [-0.05, 0) is 0 Å². The number of hydrogen-bond donors (Lipinski definition) is 0. The molecule has 0 spiro atoms. The van der Waals surface area contributed by atoms with Gasteiger partial charge in [0.15, 0.2) is 0 Å². The molecule has 0 bridgehead atoms. The van der Waals surface area contributed by atoms with Crippen LogP contribution in [0.5, 0.6) is 0 Å². The van der Waals surface area contributed by atoms with Crippen LogP contribution in [0.2, 0.25) is 0 Å². The first-order valence-electron chi connectivity index (χ1n) is 8.97. The Morgan fingerprint density at radius 1 is 0.645 bits per heavy atom. The topological polar surface area (TPSA) is 0 Å². The second-order valence-corrected chi connectivity index (χ2v) is 5.85. The van der Waals surface area contributed by atoms with Crippen molar-refractivity contribution in [1.82, 2.24) is 0 Å². The third kappa shape index (κ3) is 71.9. The van der Waals surface area contributed by atoms with E-state index >= 15 is 0 Å². The Morgan fingerprint density at radius 2 is 0.839 bits per heavy atom. The predicted molar refractivity (Wildman–Crippen MR) is 162 cm³/mol. The van der Waals surface area contributed by atoms with Crippen molar-refractivity contribution in [2.75, 3.05) is 0 Å². The van der Waals surface area contributed by atoms with Gasteiger partial charge in [-0.25, -0.2) is 0 Å². The van der Waals surface area contributed by atoms with Gasteiger partial charge in [0.2, 0.25) is 0 Å². The minimum atomic E-state index is -0.667. The maximum Gasteiger partial charge on any atom is 0 e. The molecule has 0 nitrogen and oxygen atoms in total. The molecule has 1 saturated carbocycles. The smallest absolute Gasteiger partial charge is 0 e. The minimum Gasteiger partial charge on any atom is -0.342 e. The zero-order valence-corrected chi connectivity index (χ0v) is 21.6. The van der Waals surface area contributed by atoms with Crippen molar-refractivity contribution in [3.8, 4) is 0 Å². The van der Waals surface area contributed by atoms with E-state index in [2.05, 4.69) is 68.0 Å². The van der Waals surface area contributed by atoms with Gasteiger partial charge in [-0.3, -0.25) is 0 Å². The van der Waals surface area contributed by atoms with Gasteiger partial charge < -0.3 is 13.8 Å². The molecule has 2 unspecified atom stereocenters. The molecule has 120 valence electrons. The van der Waals surface area contributed by atoms with Crippen LogP contribution >= 0.6 is 0 Å². The Kier molecular flexibility index (Phi) is 69.2. The summed E-state index contributed by atoms with van der Waals surface area (Å²) in [6.45, 7) is 8.15. The van der Waals surface area contributed by atoms with Crippen LogP contribution in [0, 0.1) is 25.7 Å². The van der Waals surface area contributed by atoms with E-state index in [0.717, 1.165) is 7.06 Å². The first-order valence-corrected chi connectivity index (χ1v) is 8.97. The summed E-state index contributed by atoms with van der Waals surface area (Å²) >= 11 is 0. The van der Waals surface area contributed by atoms with Crippen molar-refractivity contribution in [2.24, 2.45) is 11.8 Å². The zero-order chi connectivity index (χ0) is 24.4. The van der Waals surface area contributed by atoms with E-state index < -0.39 is 25.5 Å². The molecule has 0 aromatic carbocycles. The van der Waals surface area contributed by atoms with E-state index in [1.807, 2.05) is 0 Å². The zero-order valence-electron chi connectivity index (χ0n) is 18.8. The summed E-state index contributed by atoms with van der Waals surface area (Å²) in [4.78, 5) is 0. The summed E-state index contributed by atoms with van der Waals surface area (Å²) in [5.41, 5.74) is 0. The Morgan fingerprint density at radius 3 is 0.968 bits per heavy atom. The van der Waals surface area contributed by atoms with Crippen molar-refractivity contribution in [2.45, 2.75) is 32.1 Å². The molecular weight excluding hydrogens is 424 g/mol. The molecule has 0 aromatic heterocycles. The van der Waals surface area contributed by atoms with E-state index in [1.54, 1.807) is 0 Å². The molecule has 31 heavy (non-hydrogen) atoms. The Bertz CT molecular complexity index is 238. The van der Waals surface area contributed by atoms with Crippen LogP contribution in [0.1, 0.15) is 32.1 Å². The van der Waals surface area contributed by atoms with Crippen molar-refractivity contribution >= 4 is 156 Å². The molecule has 0 aromatic rings. The maximum atomic E-state index is 4.96.